The van der Waals surface area contributed by atoms with Gasteiger partial charge >= 0.3 is 0 Å². The van der Waals surface area contributed by atoms with Crippen LogP contribution in [0.5, 0.6) is 5.75 Å². The summed E-state index contributed by atoms with van der Waals surface area (Å²) in [5.41, 5.74) is 2.06. The minimum absolute atomic E-state index is 0.0497. The van der Waals surface area contributed by atoms with Crippen LogP contribution in [0.25, 0.3) is 0 Å². The fourth-order valence-electron chi connectivity index (χ4n) is 4.11. The number of hydrogen-bond acceptors (Lipinski definition) is 5. The van der Waals surface area contributed by atoms with Gasteiger partial charge in [-0.15, -0.1) is 0 Å². The first-order chi connectivity index (χ1) is 17.4. The van der Waals surface area contributed by atoms with Gasteiger partial charge in [0.05, 0.1) is 19.1 Å². The summed E-state index contributed by atoms with van der Waals surface area (Å²) in [5.74, 6) is 0.205. The van der Waals surface area contributed by atoms with Crippen LogP contribution in [0, 0.1) is 5.92 Å². The van der Waals surface area contributed by atoms with E-state index in [1.165, 1.54) is 4.90 Å². The maximum atomic E-state index is 13.9. The number of amides is 2. The summed E-state index contributed by atoms with van der Waals surface area (Å²) in [4.78, 5) is 28.5. The number of sulfonamides is 1. The van der Waals surface area contributed by atoms with E-state index in [0.29, 0.717) is 24.4 Å². The fourth-order valence-corrected chi connectivity index (χ4v) is 4.98. The van der Waals surface area contributed by atoms with Crippen molar-refractivity contribution < 1.29 is 22.7 Å². The van der Waals surface area contributed by atoms with E-state index in [2.05, 4.69) is 5.32 Å². The number of nitrogens with zero attached hydrogens (tertiary/aromatic N) is 2. The third kappa shape index (κ3) is 8.49. The summed E-state index contributed by atoms with van der Waals surface area (Å²) in [6.07, 6.45) is 1.47. The first kappa shape index (κ1) is 30.2. The summed E-state index contributed by atoms with van der Waals surface area (Å²) in [7, 11) is -2.23. The molecule has 0 heterocycles. The van der Waals surface area contributed by atoms with Crippen LogP contribution in [-0.2, 0) is 26.2 Å². The second-order valence-electron chi connectivity index (χ2n) is 9.92. The van der Waals surface area contributed by atoms with Gasteiger partial charge in [0.15, 0.2) is 0 Å². The van der Waals surface area contributed by atoms with Crippen LogP contribution >= 0.6 is 0 Å². The van der Waals surface area contributed by atoms with Crippen LogP contribution in [0.15, 0.2) is 48.5 Å². The Morgan fingerprint density at radius 2 is 1.70 bits per heavy atom. The highest BCUT2D eigenvalue weighted by atomic mass is 32.2. The molecule has 0 bridgehead atoms. The molecule has 0 aliphatic rings. The number of anilines is 1. The van der Waals surface area contributed by atoms with E-state index in [-0.39, 0.29) is 24.3 Å². The molecule has 204 valence electrons. The molecule has 1 N–H and O–H groups in total. The van der Waals surface area contributed by atoms with Crippen LogP contribution < -0.4 is 14.4 Å². The van der Waals surface area contributed by atoms with E-state index < -0.39 is 28.5 Å². The molecule has 0 aliphatic carbocycles. The fraction of sp³-hybridized carbons (Fsp3) is 0.500. The average Bonchev–Trinajstić information content (AvgIpc) is 2.85. The van der Waals surface area contributed by atoms with Crippen molar-refractivity contribution in [3.8, 4) is 5.75 Å². The van der Waals surface area contributed by atoms with Crippen molar-refractivity contribution >= 4 is 27.5 Å². The van der Waals surface area contributed by atoms with Gasteiger partial charge in [-0.25, -0.2) is 8.42 Å². The molecule has 0 aliphatic heterocycles. The number of carbonyl (C=O) groups excluding carboxylic acids is 2. The van der Waals surface area contributed by atoms with Crippen molar-refractivity contribution in [2.45, 2.75) is 59.5 Å². The van der Waals surface area contributed by atoms with E-state index in [9.17, 15) is 18.0 Å². The number of carbonyl (C=O) groups is 2. The smallest absolute Gasteiger partial charge is 0.244 e. The van der Waals surface area contributed by atoms with E-state index in [4.69, 9.17) is 4.74 Å². The summed E-state index contributed by atoms with van der Waals surface area (Å²) >= 11 is 0. The van der Waals surface area contributed by atoms with Crippen molar-refractivity contribution in [2.24, 2.45) is 5.92 Å². The lowest BCUT2D eigenvalue weighted by molar-refractivity contribution is -0.140. The first-order valence-corrected chi connectivity index (χ1v) is 14.5. The average molecular weight is 532 g/mol. The summed E-state index contributed by atoms with van der Waals surface area (Å²) in [6, 6.07) is 13.7. The lowest BCUT2D eigenvalue weighted by atomic mass is 10.0. The molecule has 2 aromatic rings. The van der Waals surface area contributed by atoms with Crippen LogP contribution in [0.4, 0.5) is 5.69 Å². The molecule has 1 unspecified atom stereocenters. The van der Waals surface area contributed by atoms with Gasteiger partial charge in [0.1, 0.15) is 18.3 Å². The van der Waals surface area contributed by atoms with Crippen LogP contribution in [0.1, 0.15) is 58.1 Å². The molecular formula is C28H41N3O5S. The largest absolute Gasteiger partial charge is 0.497 e. The highest BCUT2D eigenvalue weighted by Crippen LogP contribution is 2.29. The second kappa shape index (κ2) is 13.5. The molecule has 0 saturated heterocycles. The van der Waals surface area contributed by atoms with Crippen LogP contribution in [0.3, 0.4) is 0 Å². The summed E-state index contributed by atoms with van der Waals surface area (Å²) < 4.78 is 32.3. The van der Waals surface area contributed by atoms with E-state index in [1.54, 1.807) is 31.4 Å². The van der Waals surface area contributed by atoms with Gasteiger partial charge in [-0.05, 0) is 47.6 Å². The zero-order valence-corrected chi connectivity index (χ0v) is 23.8. The molecule has 37 heavy (non-hydrogen) atoms. The van der Waals surface area contributed by atoms with Crippen molar-refractivity contribution in [1.82, 2.24) is 10.2 Å². The normalized spacial score (nSPS) is 12.4. The third-order valence-corrected chi connectivity index (χ3v) is 7.19. The van der Waals surface area contributed by atoms with Gasteiger partial charge in [0.25, 0.3) is 0 Å². The minimum Gasteiger partial charge on any atom is -0.497 e. The first-order valence-electron chi connectivity index (χ1n) is 12.7. The Morgan fingerprint density at radius 3 is 2.27 bits per heavy atom. The number of ether oxygens (including phenoxy) is 1. The molecule has 0 saturated carbocycles. The topological polar surface area (TPSA) is 96.0 Å². The molecule has 9 heteroatoms. The Morgan fingerprint density at radius 1 is 1.03 bits per heavy atom. The summed E-state index contributed by atoms with van der Waals surface area (Å²) in [6.45, 7) is 9.98. The number of hydrogen-bond donors (Lipinski definition) is 1. The zero-order chi connectivity index (χ0) is 27.8. The van der Waals surface area contributed by atoms with E-state index >= 15 is 0 Å². The van der Waals surface area contributed by atoms with Gasteiger partial charge in [-0.2, -0.15) is 0 Å². The lowest BCUT2D eigenvalue weighted by Crippen LogP contribution is -2.52. The highest BCUT2D eigenvalue weighted by Gasteiger charge is 2.32. The molecule has 2 amide bonds. The Kier molecular flexibility index (Phi) is 11.0. The SMILES string of the molecule is CCC(C(=O)NCC(C)C)N(Cc1cccc(OC)c1)C(=O)CN(c1ccccc1C(C)C)S(C)(=O)=O. The van der Waals surface area contributed by atoms with Crippen molar-refractivity contribution in [3.63, 3.8) is 0 Å². The maximum Gasteiger partial charge on any atom is 0.244 e. The number of para-hydroxylation sites is 1. The van der Waals surface area contributed by atoms with Gasteiger partial charge < -0.3 is 15.0 Å². The van der Waals surface area contributed by atoms with E-state index in [0.717, 1.165) is 21.7 Å². The molecule has 8 nitrogen and oxygen atoms in total. The van der Waals surface area contributed by atoms with Gasteiger partial charge in [-0.3, -0.25) is 13.9 Å². The highest BCUT2D eigenvalue weighted by molar-refractivity contribution is 7.92. The lowest BCUT2D eigenvalue weighted by Gasteiger charge is -2.33. The van der Waals surface area contributed by atoms with Crippen LogP contribution in [0.2, 0.25) is 0 Å². The minimum atomic E-state index is -3.79. The Bertz CT molecular complexity index is 1160. The van der Waals surface area contributed by atoms with Crippen molar-refractivity contribution in [3.05, 3.63) is 59.7 Å². The molecule has 0 fully saturated rings. The third-order valence-electron chi connectivity index (χ3n) is 6.06. The monoisotopic (exact) mass is 531 g/mol. The quantitative estimate of drug-likeness (QED) is 0.419. The molecule has 0 radical (unpaired) electrons. The molecule has 2 aromatic carbocycles. The number of methoxy groups -OCH3 is 1. The van der Waals surface area contributed by atoms with Crippen LogP contribution in [-0.4, -0.2) is 57.6 Å². The van der Waals surface area contributed by atoms with Gasteiger partial charge in [0, 0.05) is 13.1 Å². The predicted octanol–water partition coefficient (Wildman–Crippen LogP) is 4.16. The summed E-state index contributed by atoms with van der Waals surface area (Å²) in [5, 5.41) is 2.93. The van der Waals surface area contributed by atoms with E-state index in [1.807, 2.05) is 58.9 Å². The van der Waals surface area contributed by atoms with Gasteiger partial charge in [0.2, 0.25) is 21.8 Å². The number of rotatable bonds is 13. The molecular weight excluding hydrogens is 490 g/mol. The van der Waals surface area contributed by atoms with Gasteiger partial charge in [-0.1, -0.05) is 65.0 Å². The predicted molar refractivity (Wildman–Crippen MR) is 148 cm³/mol. The standard InChI is InChI=1S/C28H41N3O5S/c1-8-25(28(33)29-17-20(2)3)30(18-22-12-11-13-23(16-22)36-6)27(32)19-31(37(7,34)35)26-15-10-9-14-24(26)21(4)5/h9-16,20-21,25H,8,17-19H2,1-7H3,(H,29,33). The zero-order valence-electron chi connectivity index (χ0n) is 23.0. The number of benzene rings is 2. The molecule has 0 spiro atoms. The Balaban J connectivity index is 2.50. The molecule has 1 atom stereocenters. The van der Waals surface area contributed by atoms with Crippen molar-refractivity contribution in [2.75, 3.05) is 30.8 Å². The second-order valence-corrected chi connectivity index (χ2v) is 11.8. The molecule has 2 rings (SSSR count). The Labute approximate surface area is 222 Å². The molecule has 0 aromatic heterocycles. The Hall–Kier alpha value is -3.07. The van der Waals surface area contributed by atoms with Crippen molar-refractivity contribution in [1.29, 1.82) is 0 Å². The maximum absolute atomic E-state index is 13.9. The number of nitrogens with one attached hydrogen (secondary N) is 1.